The third-order valence-corrected chi connectivity index (χ3v) is 5.59. The van der Waals surface area contributed by atoms with E-state index in [1.807, 2.05) is 30.3 Å². The Labute approximate surface area is 194 Å². The molecule has 0 spiro atoms. The number of carboxylic acid groups (broad SMARTS) is 1. The van der Waals surface area contributed by atoms with Gasteiger partial charge in [0.15, 0.2) is 5.13 Å². The van der Waals surface area contributed by atoms with E-state index in [0.29, 0.717) is 24.5 Å². The zero-order chi connectivity index (χ0) is 23.0. The average molecular weight is 463 g/mol. The van der Waals surface area contributed by atoms with Gasteiger partial charge in [-0.15, -0.1) is 0 Å². The molecule has 8 nitrogen and oxygen atoms in total. The molecule has 0 bridgehead atoms. The monoisotopic (exact) mass is 462 g/mol. The molecule has 0 unspecified atom stereocenters. The van der Waals surface area contributed by atoms with Crippen LogP contribution in [0.15, 0.2) is 67.0 Å². The molecule has 0 aliphatic carbocycles. The first-order valence-electron chi connectivity index (χ1n) is 10.4. The SMILES string of the molecule is O=C(O)CCCOc1cccc(NC(=O)Cc2ccc3nc(Nc4cccnc4)sc3c2)c1. The number of aliphatic carboxylic acids is 1. The highest BCUT2D eigenvalue weighted by atomic mass is 32.1. The Morgan fingerprint density at radius 2 is 1.94 bits per heavy atom. The van der Waals surface area contributed by atoms with Crippen molar-refractivity contribution in [2.45, 2.75) is 19.3 Å². The van der Waals surface area contributed by atoms with E-state index in [2.05, 4.69) is 20.6 Å². The van der Waals surface area contributed by atoms with Crippen LogP contribution in [-0.2, 0) is 16.0 Å². The summed E-state index contributed by atoms with van der Waals surface area (Å²) in [5, 5.41) is 15.6. The molecule has 2 heterocycles. The molecule has 1 amide bonds. The van der Waals surface area contributed by atoms with Crippen molar-refractivity contribution < 1.29 is 19.4 Å². The Morgan fingerprint density at radius 3 is 2.76 bits per heavy atom. The highest BCUT2D eigenvalue weighted by Gasteiger charge is 2.09. The lowest BCUT2D eigenvalue weighted by molar-refractivity contribution is -0.137. The fraction of sp³-hybridized carbons (Fsp3) is 0.167. The zero-order valence-electron chi connectivity index (χ0n) is 17.7. The lowest BCUT2D eigenvalue weighted by Gasteiger charge is -2.09. The van der Waals surface area contributed by atoms with Gasteiger partial charge >= 0.3 is 5.97 Å². The number of pyridine rings is 1. The second-order valence-corrected chi connectivity index (χ2v) is 8.32. The van der Waals surface area contributed by atoms with E-state index in [9.17, 15) is 9.59 Å². The Balaban J connectivity index is 1.35. The quantitative estimate of drug-likeness (QED) is 0.288. The average Bonchev–Trinajstić information content (AvgIpc) is 3.19. The molecule has 2 aromatic heterocycles. The van der Waals surface area contributed by atoms with Crippen LogP contribution in [-0.4, -0.2) is 33.6 Å². The Bertz CT molecular complexity index is 1260. The third kappa shape index (κ3) is 6.50. The molecule has 0 radical (unpaired) electrons. The summed E-state index contributed by atoms with van der Waals surface area (Å²) in [4.78, 5) is 31.8. The number of fused-ring (bicyclic) bond motifs is 1. The van der Waals surface area contributed by atoms with E-state index in [1.54, 1.807) is 36.7 Å². The summed E-state index contributed by atoms with van der Waals surface area (Å²) in [5.41, 5.74) is 3.24. The van der Waals surface area contributed by atoms with Crippen LogP contribution in [0.1, 0.15) is 18.4 Å². The first-order chi connectivity index (χ1) is 16.0. The highest BCUT2D eigenvalue weighted by Crippen LogP contribution is 2.29. The largest absolute Gasteiger partial charge is 0.494 e. The fourth-order valence-electron chi connectivity index (χ4n) is 3.16. The van der Waals surface area contributed by atoms with E-state index in [4.69, 9.17) is 9.84 Å². The predicted octanol–water partition coefficient (Wildman–Crippen LogP) is 4.86. The number of carbonyl (C=O) groups is 2. The van der Waals surface area contributed by atoms with Crippen molar-refractivity contribution in [1.82, 2.24) is 9.97 Å². The number of hydrogen-bond donors (Lipinski definition) is 3. The molecular weight excluding hydrogens is 440 g/mol. The van der Waals surface area contributed by atoms with Gasteiger partial charge in [0.25, 0.3) is 0 Å². The lowest BCUT2D eigenvalue weighted by Crippen LogP contribution is -2.14. The summed E-state index contributed by atoms with van der Waals surface area (Å²) in [6.07, 6.45) is 4.15. The second-order valence-electron chi connectivity index (χ2n) is 7.29. The fourth-order valence-corrected chi connectivity index (χ4v) is 4.11. The number of nitrogens with zero attached hydrogens (tertiary/aromatic N) is 2. The molecule has 4 aromatic rings. The van der Waals surface area contributed by atoms with Gasteiger partial charge in [-0.25, -0.2) is 4.98 Å². The molecule has 0 fully saturated rings. The molecule has 2 aromatic carbocycles. The molecule has 0 saturated carbocycles. The summed E-state index contributed by atoms with van der Waals surface area (Å²) in [5.74, 6) is -0.411. The first-order valence-corrected chi connectivity index (χ1v) is 11.2. The second kappa shape index (κ2) is 10.6. The maximum absolute atomic E-state index is 12.6. The molecule has 0 aliphatic rings. The van der Waals surface area contributed by atoms with Gasteiger partial charge in [0, 0.05) is 24.4 Å². The van der Waals surface area contributed by atoms with Gasteiger partial charge in [0.05, 0.1) is 35.1 Å². The van der Waals surface area contributed by atoms with Crippen molar-refractivity contribution in [3.63, 3.8) is 0 Å². The molecule has 168 valence electrons. The van der Waals surface area contributed by atoms with Crippen LogP contribution < -0.4 is 15.4 Å². The summed E-state index contributed by atoms with van der Waals surface area (Å²) < 4.78 is 6.55. The number of amides is 1. The Kier molecular flexibility index (Phi) is 7.11. The summed E-state index contributed by atoms with van der Waals surface area (Å²) in [6.45, 7) is 0.302. The zero-order valence-corrected chi connectivity index (χ0v) is 18.5. The third-order valence-electron chi connectivity index (χ3n) is 4.65. The Hall–Kier alpha value is -3.98. The number of thiazole rings is 1. The number of carboxylic acids is 1. The van der Waals surface area contributed by atoms with Crippen LogP contribution in [0.2, 0.25) is 0 Å². The van der Waals surface area contributed by atoms with Gasteiger partial charge in [0.1, 0.15) is 5.75 Å². The topological polar surface area (TPSA) is 113 Å². The normalized spacial score (nSPS) is 10.7. The van der Waals surface area contributed by atoms with Gasteiger partial charge in [-0.1, -0.05) is 23.5 Å². The number of anilines is 3. The van der Waals surface area contributed by atoms with Gasteiger partial charge in [0.2, 0.25) is 5.91 Å². The van der Waals surface area contributed by atoms with Crippen molar-refractivity contribution in [1.29, 1.82) is 0 Å². The summed E-state index contributed by atoms with van der Waals surface area (Å²) in [6, 6.07) is 16.6. The van der Waals surface area contributed by atoms with E-state index in [0.717, 1.165) is 26.6 Å². The van der Waals surface area contributed by atoms with Crippen LogP contribution in [0.4, 0.5) is 16.5 Å². The molecule has 4 rings (SSSR count). The number of nitrogens with one attached hydrogen (secondary N) is 2. The Morgan fingerprint density at radius 1 is 1.06 bits per heavy atom. The standard InChI is InChI=1S/C24H22N4O4S/c29-22(26-17-4-1-6-19(14-17)32-11-3-7-23(30)31)13-16-8-9-20-21(12-16)33-24(28-20)27-18-5-2-10-25-15-18/h1-2,4-6,8-10,12,14-15H,3,7,11,13H2,(H,26,29)(H,27,28)(H,30,31). The van der Waals surface area contributed by atoms with Crippen molar-refractivity contribution >= 4 is 49.9 Å². The molecule has 33 heavy (non-hydrogen) atoms. The van der Waals surface area contributed by atoms with Crippen molar-refractivity contribution in [3.8, 4) is 5.75 Å². The van der Waals surface area contributed by atoms with Gasteiger partial charge in [-0.05, 0) is 48.4 Å². The number of benzene rings is 2. The number of rotatable bonds is 10. The van der Waals surface area contributed by atoms with Gasteiger partial charge < -0.3 is 20.5 Å². The van der Waals surface area contributed by atoms with E-state index in [1.165, 1.54) is 11.3 Å². The molecule has 0 saturated heterocycles. The number of ether oxygens (including phenoxy) is 1. The van der Waals surface area contributed by atoms with Gasteiger partial charge in [-0.3, -0.25) is 14.6 Å². The first kappa shape index (κ1) is 22.2. The van der Waals surface area contributed by atoms with Gasteiger partial charge in [-0.2, -0.15) is 0 Å². The maximum atomic E-state index is 12.6. The molecule has 0 atom stereocenters. The molecule has 0 aliphatic heterocycles. The minimum absolute atomic E-state index is 0.0571. The predicted molar refractivity (Wildman–Crippen MR) is 128 cm³/mol. The van der Waals surface area contributed by atoms with Crippen molar-refractivity contribution in [2.24, 2.45) is 0 Å². The minimum Gasteiger partial charge on any atom is -0.494 e. The maximum Gasteiger partial charge on any atom is 0.303 e. The molecule has 9 heteroatoms. The number of carbonyl (C=O) groups excluding carboxylic acids is 1. The van der Waals surface area contributed by atoms with Crippen molar-refractivity contribution in [2.75, 3.05) is 17.2 Å². The van der Waals surface area contributed by atoms with E-state index in [-0.39, 0.29) is 18.7 Å². The molecule has 3 N–H and O–H groups in total. The van der Waals surface area contributed by atoms with Crippen LogP contribution in [0.3, 0.4) is 0 Å². The van der Waals surface area contributed by atoms with Crippen LogP contribution in [0, 0.1) is 0 Å². The van der Waals surface area contributed by atoms with E-state index < -0.39 is 5.97 Å². The summed E-state index contributed by atoms with van der Waals surface area (Å²) >= 11 is 1.52. The van der Waals surface area contributed by atoms with Crippen molar-refractivity contribution in [3.05, 3.63) is 72.6 Å². The smallest absolute Gasteiger partial charge is 0.303 e. The van der Waals surface area contributed by atoms with Crippen LogP contribution in [0.5, 0.6) is 5.75 Å². The highest BCUT2D eigenvalue weighted by molar-refractivity contribution is 7.22. The van der Waals surface area contributed by atoms with Crippen LogP contribution in [0.25, 0.3) is 10.2 Å². The lowest BCUT2D eigenvalue weighted by atomic mass is 10.1. The molecular formula is C24H22N4O4S. The summed E-state index contributed by atoms with van der Waals surface area (Å²) in [7, 11) is 0. The number of hydrogen-bond acceptors (Lipinski definition) is 7. The van der Waals surface area contributed by atoms with E-state index >= 15 is 0 Å². The minimum atomic E-state index is -0.850. The number of aromatic nitrogens is 2. The van der Waals surface area contributed by atoms with Crippen LogP contribution >= 0.6 is 11.3 Å².